The number of aliphatic carboxylic acids is 1. The molecule has 5 rings (SSSR count). The lowest BCUT2D eigenvalue weighted by atomic mass is 9.67. The predicted octanol–water partition coefficient (Wildman–Crippen LogP) is 6.08. The molecule has 240 valence electrons. The fourth-order valence-electron chi connectivity index (χ4n) is 7.23. The Morgan fingerprint density at radius 2 is 1.98 bits per heavy atom. The summed E-state index contributed by atoms with van der Waals surface area (Å²) in [7, 11) is 1.87. The first-order valence-electron chi connectivity index (χ1n) is 16.2. The second kappa shape index (κ2) is 14.5. The number of amides is 1. The number of ether oxygens (including phenoxy) is 2. The Bertz CT molecular complexity index is 1320. The lowest BCUT2D eigenvalue weighted by Crippen LogP contribution is -2.47. The highest BCUT2D eigenvalue weighted by Gasteiger charge is 2.41. The van der Waals surface area contributed by atoms with Crippen LogP contribution in [0.2, 0.25) is 5.02 Å². The molecule has 0 spiro atoms. The van der Waals surface area contributed by atoms with E-state index in [4.69, 9.17) is 21.1 Å². The van der Waals surface area contributed by atoms with Crippen LogP contribution in [-0.4, -0.2) is 73.0 Å². The van der Waals surface area contributed by atoms with Gasteiger partial charge < -0.3 is 29.5 Å². The first kappa shape index (κ1) is 32.6. The van der Waals surface area contributed by atoms with E-state index in [-0.39, 0.29) is 17.9 Å². The number of rotatable bonds is 11. The van der Waals surface area contributed by atoms with E-state index in [1.165, 1.54) is 11.1 Å². The van der Waals surface area contributed by atoms with E-state index < -0.39 is 12.1 Å². The Balaban J connectivity index is 1.37. The molecule has 2 aliphatic heterocycles. The van der Waals surface area contributed by atoms with Crippen molar-refractivity contribution in [3.63, 3.8) is 0 Å². The molecule has 1 saturated carbocycles. The third kappa shape index (κ3) is 7.52. The Morgan fingerprint density at radius 3 is 2.68 bits per heavy atom. The number of fused-ring (bicyclic) bond motifs is 1. The van der Waals surface area contributed by atoms with E-state index in [0.717, 1.165) is 75.4 Å². The minimum Gasteiger partial charge on any atom is -0.491 e. The van der Waals surface area contributed by atoms with E-state index in [2.05, 4.69) is 24.0 Å². The van der Waals surface area contributed by atoms with E-state index in [1.54, 1.807) is 30.0 Å². The zero-order chi connectivity index (χ0) is 31.4. The first-order chi connectivity index (χ1) is 21.1. The molecular formula is C35H47ClN2O6. The van der Waals surface area contributed by atoms with Gasteiger partial charge in [-0.25, -0.2) is 4.79 Å². The van der Waals surface area contributed by atoms with Gasteiger partial charge in [0.25, 0.3) is 0 Å². The Morgan fingerprint density at radius 1 is 1.16 bits per heavy atom. The smallest absolute Gasteiger partial charge is 0.337 e. The molecule has 8 nitrogen and oxygen atoms in total. The third-order valence-electron chi connectivity index (χ3n) is 10.1. The van der Waals surface area contributed by atoms with Gasteiger partial charge in [-0.15, -0.1) is 0 Å². The molecule has 2 aromatic carbocycles. The van der Waals surface area contributed by atoms with Gasteiger partial charge >= 0.3 is 5.97 Å². The van der Waals surface area contributed by atoms with Crippen molar-refractivity contribution in [2.75, 3.05) is 44.8 Å². The van der Waals surface area contributed by atoms with Crippen molar-refractivity contribution in [1.29, 1.82) is 0 Å². The van der Waals surface area contributed by atoms with Gasteiger partial charge in [0.1, 0.15) is 5.75 Å². The average Bonchev–Trinajstić information content (AvgIpc) is 3.17. The normalized spacial score (nSPS) is 25.7. The number of aliphatic hydroxyl groups is 1. The number of carboxylic acids is 1. The summed E-state index contributed by atoms with van der Waals surface area (Å²) >= 11 is 6.40. The molecule has 0 aromatic heterocycles. The Hall–Kier alpha value is -2.81. The van der Waals surface area contributed by atoms with Gasteiger partial charge in [0, 0.05) is 51.2 Å². The van der Waals surface area contributed by atoms with Gasteiger partial charge in [0.2, 0.25) is 5.91 Å². The predicted molar refractivity (Wildman–Crippen MR) is 172 cm³/mol. The Labute approximate surface area is 266 Å². The van der Waals surface area contributed by atoms with Gasteiger partial charge in [0.05, 0.1) is 18.4 Å². The van der Waals surface area contributed by atoms with Crippen molar-refractivity contribution in [2.45, 2.75) is 76.9 Å². The molecule has 44 heavy (non-hydrogen) atoms. The van der Waals surface area contributed by atoms with Crippen LogP contribution in [-0.2, 0) is 20.7 Å². The maximum absolute atomic E-state index is 11.7. The van der Waals surface area contributed by atoms with Crippen molar-refractivity contribution in [2.24, 2.45) is 17.8 Å². The van der Waals surface area contributed by atoms with Gasteiger partial charge in [-0.1, -0.05) is 37.1 Å². The fourth-order valence-corrected chi connectivity index (χ4v) is 7.43. The largest absolute Gasteiger partial charge is 0.491 e. The number of carboxylic acid groups (broad SMARTS) is 1. The minimum absolute atomic E-state index is 0.0983. The number of aryl methyl sites for hydroxylation is 1. The number of benzene rings is 2. The lowest BCUT2D eigenvalue weighted by molar-refractivity contribution is -0.147. The molecule has 6 atom stereocenters. The molecule has 5 unspecified atom stereocenters. The van der Waals surface area contributed by atoms with Crippen molar-refractivity contribution < 1.29 is 29.3 Å². The van der Waals surface area contributed by atoms with Crippen molar-refractivity contribution >= 4 is 29.2 Å². The second-order valence-electron chi connectivity index (χ2n) is 13.0. The topological polar surface area (TPSA) is 99.5 Å². The van der Waals surface area contributed by atoms with Gasteiger partial charge in [-0.2, -0.15) is 0 Å². The molecule has 0 bridgehead atoms. The number of aliphatic hydroxyl groups excluding tert-OH is 1. The van der Waals surface area contributed by atoms with E-state index in [9.17, 15) is 19.8 Å². The molecule has 0 radical (unpaired) electrons. The summed E-state index contributed by atoms with van der Waals surface area (Å²) in [6, 6.07) is 11.4. The molecule has 1 saturated heterocycles. The quantitative estimate of drug-likeness (QED) is 0.312. The van der Waals surface area contributed by atoms with Crippen LogP contribution in [0.1, 0.15) is 81.1 Å². The minimum atomic E-state index is -1.60. The number of anilines is 1. The molecule has 2 heterocycles. The van der Waals surface area contributed by atoms with Gasteiger partial charge in [-0.3, -0.25) is 4.79 Å². The highest BCUT2D eigenvalue weighted by molar-refractivity contribution is 6.30. The molecule has 2 fully saturated rings. The second-order valence-corrected chi connectivity index (χ2v) is 13.4. The molecule has 9 heteroatoms. The molecule has 2 N–H and O–H groups in total. The summed E-state index contributed by atoms with van der Waals surface area (Å²) in [4.78, 5) is 27.5. The van der Waals surface area contributed by atoms with Crippen molar-refractivity contribution in [1.82, 2.24) is 4.90 Å². The van der Waals surface area contributed by atoms with Crippen LogP contribution in [0.4, 0.5) is 5.69 Å². The van der Waals surface area contributed by atoms with Crippen LogP contribution in [0.3, 0.4) is 0 Å². The maximum atomic E-state index is 11.7. The first-order valence-corrected chi connectivity index (χ1v) is 16.6. The van der Waals surface area contributed by atoms with Crippen LogP contribution in [0.5, 0.6) is 5.75 Å². The summed E-state index contributed by atoms with van der Waals surface area (Å²) < 4.78 is 12.8. The van der Waals surface area contributed by atoms with Crippen molar-refractivity contribution in [3.8, 4) is 5.75 Å². The maximum Gasteiger partial charge on any atom is 0.337 e. The molecule has 1 aliphatic carbocycles. The van der Waals surface area contributed by atoms with Crippen LogP contribution < -0.4 is 9.64 Å². The monoisotopic (exact) mass is 626 g/mol. The zero-order valence-electron chi connectivity index (χ0n) is 26.2. The molecule has 2 aromatic rings. The number of halogens is 1. The summed E-state index contributed by atoms with van der Waals surface area (Å²) in [5.74, 6) is 1.07. The average molecular weight is 627 g/mol. The number of hydrogen-bond acceptors (Lipinski definition) is 6. The van der Waals surface area contributed by atoms with Crippen molar-refractivity contribution in [3.05, 3.63) is 58.1 Å². The lowest BCUT2D eigenvalue weighted by Gasteiger charge is -2.47. The van der Waals surface area contributed by atoms with Crippen LogP contribution in [0.15, 0.2) is 36.4 Å². The molecular weight excluding hydrogens is 580 g/mol. The number of nitrogens with zero attached hydrogens (tertiary/aromatic N) is 2. The van der Waals surface area contributed by atoms with Crippen LogP contribution in [0, 0.1) is 17.8 Å². The summed E-state index contributed by atoms with van der Waals surface area (Å²) in [5.41, 5.74) is 3.65. The molecule has 1 amide bonds. The Kier molecular flexibility index (Phi) is 10.8. The summed E-state index contributed by atoms with van der Waals surface area (Å²) in [5, 5.41) is 20.6. The van der Waals surface area contributed by atoms with E-state index >= 15 is 0 Å². The SMILES string of the molecule is CCCc1cc(Cl)ccc1C1COc2ccc([C@@H](O)C(=O)O)cc2N(CC2CCC2C2CC(CCN(C)C(C)=O)CCO2)C1. The summed E-state index contributed by atoms with van der Waals surface area (Å²) in [6.45, 7) is 7.34. The zero-order valence-corrected chi connectivity index (χ0v) is 27.0. The van der Waals surface area contributed by atoms with Gasteiger partial charge in [-0.05, 0) is 97.2 Å². The highest BCUT2D eigenvalue weighted by Crippen LogP contribution is 2.45. The number of hydrogen-bond donors (Lipinski definition) is 2. The fraction of sp³-hybridized carbons (Fsp3) is 0.600. The summed E-state index contributed by atoms with van der Waals surface area (Å²) in [6.07, 6.45) is 5.86. The molecule has 3 aliphatic rings. The van der Waals surface area contributed by atoms with Crippen LogP contribution in [0.25, 0.3) is 0 Å². The van der Waals surface area contributed by atoms with E-state index in [1.807, 2.05) is 13.1 Å². The van der Waals surface area contributed by atoms with Gasteiger partial charge in [0.15, 0.2) is 6.10 Å². The van der Waals surface area contributed by atoms with E-state index in [0.29, 0.717) is 42.2 Å². The van der Waals surface area contributed by atoms with Crippen LogP contribution >= 0.6 is 11.6 Å². The number of carbonyl (C=O) groups excluding carboxylic acids is 1. The third-order valence-corrected chi connectivity index (χ3v) is 10.3. The number of carbonyl (C=O) groups is 2. The highest BCUT2D eigenvalue weighted by atomic mass is 35.5. The standard InChI is InChI=1S/C35H47ClN2O6/c1-4-5-24-17-28(36)8-10-29(24)27-20-38(31-18-25(34(40)35(41)42)7-11-32(31)44-21-27)19-26-6-9-30(26)33-16-23(13-15-43-33)12-14-37(3)22(2)39/h7-8,10-11,17-18,23,26-27,30,33-34,40H,4-6,9,12-16,19-21H2,1-3H3,(H,41,42)/t23?,26?,27?,30?,33?,34-/m1/s1.